The van der Waals surface area contributed by atoms with Crippen molar-refractivity contribution in [2.24, 2.45) is 5.73 Å². The number of nitrogens with zero attached hydrogens (tertiary/aromatic N) is 2. The molecular weight excluding hydrogens is 274 g/mol. The number of benzene rings is 1. The number of non-ortho nitro benzene ring substituents is 1. The quantitative estimate of drug-likeness (QED) is 0.663. The second-order valence-electron chi connectivity index (χ2n) is 5.08. The molecule has 0 radical (unpaired) electrons. The van der Waals surface area contributed by atoms with E-state index in [1.807, 2.05) is 0 Å². The molecule has 2 N–H and O–H groups in total. The smallest absolute Gasteiger partial charge is 0.270 e. The highest BCUT2D eigenvalue weighted by Gasteiger charge is 2.31. The Labute approximate surface area is 122 Å². The molecule has 2 rings (SSSR count). The Morgan fingerprint density at radius 3 is 2.95 bits per heavy atom. The number of amides is 1. The summed E-state index contributed by atoms with van der Waals surface area (Å²) in [6.45, 7) is 0.891. The van der Waals surface area contributed by atoms with Crippen LogP contribution in [0, 0.1) is 10.1 Å². The van der Waals surface area contributed by atoms with E-state index in [1.54, 1.807) is 18.1 Å². The van der Waals surface area contributed by atoms with E-state index < -0.39 is 4.92 Å². The molecule has 0 bridgehead atoms. The van der Waals surface area contributed by atoms with Crippen LogP contribution >= 0.6 is 0 Å². The first kappa shape index (κ1) is 15.4. The molecule has 0 spiro atoms. The molecule has 0 aromatic heterocycles. The maximum atomic E-state index is 12.5. The third-order valence-corrected chi connectivity index (χ3v) is 3.84. The van der Waals surface area contributed by atoms with Crippen molar-refractivity contribution < 1.29 is 14.5 Å². The van der Waals surface area contributed by atoms with Crippen molar-refractivity contribution >= 4 is 11.6 Å². The lowest BCUT2D eigenvalue weighted by molar-refractivity contribution is -0.384. The number of methoxy groups -OCH3 is 1. The normalized spacial score (nSPS) is 22.1. The number of ether oxygens (including phenoxy) is 1. The van der Waals surface area contributed by atoms with Crippen LogP contribution in [0.15, 0.2) is 24.3 Å². The number of nitro groups is 1. The number of hydrogen-bond acceptors (Lipinski definition) is 5. The van der Waals surface area contributed by atoms with E-state index in [-0.39, 0.29) is 23.7 Å². The molecule has 1 aromatic carbocycles. The van der Waals surface area contributed by atoms with Crippen LogP contribution in [0.5, 0.6) is 0 Å². The first-order valence-corrected chi connectivity index (χ1v) is 6.85. The lowest BCUT2D eigenvalue weighted by Gasteiger charge is -2.38. The second kappa shape index (κ2) is 6.64. The summed E-state index contributed by atoms with van der Waals surface area (Å²) in [4.78, 5) is 24.5. The van der Waals surface area contributed by atoms with Crippen molar-refractivity contribution in [3.8, 4) is 0 Å². The summed E-state index contributed by atoms with van der Waals surface area (Å²) in [5, 5.41) is 10.8. The van der Waals surface area contributed by atoms with E-state index in [4.69, 9.17) is 10.5 Å². The fourth-order valence-corrected chi connectivity index (χ4v) is 2.64. The number of piperidine rings is 1. The molecule has 1 aliphatic rings. The van der Waals surface area contributed by atoms with Crippen molar-refractivity contribution in [1.29, 1.82) is 0 Å². The zero-order valence-electron chi connectivity index (χ0n) is 11.9. The van der Waals surface area contributed by atoms with E-state index in [0.29, 0.717) is 25.1 Å². The number of rotatable bonds is 4. The van der Waals surface area contributed by atoms with Gasteiger partial charge in [-0.3, -0.25) is 14.9 Å². The minimum atomic E-state index is -0.506. The van der Waals surface area contributed by atoms with Gasteiger partial charge < -0.3 is 15.4 Å². The van der Waals surface area contributed by atoms with E-state index in [1.165, 1.54) is 18.2 Å². The van der Waals surface area contributed by atoms with Gasteiger partial charge in [0.25, 0.3) is 11.6 Å². The molecule has 21 heavy (non-hydrogen) atoms. The number of nitro benzene ring substituents is 1. The maximum absolute atomic E-state index is 12.5. The van der Waals surface area contributed by atoms with Crippen molar-refractivity contribution in [2.75, 3.05) is 20.2 Å². The van der Waals surface area contributed by atoms with Crippen LogP contribution in [0.25, 0.3) is 0 Å². The highest BCUT2D eigenvalue weighted by molar-refractivity contribution is 5.95. The third-order valence-electron chi connectivity index (χ3n) is 3.84. The summed E-state index contributed by atoms with van der Waals surface area (Å²) < 4.78 is 5.32. The Balaban J connectivity index is 2.19. The van der Waals surface area contributed by atoms with Crippen LogP contribution in [-0.2, 0) is 4.74 Å². The van der Waals surface area contributed by atoms with Crippen molar-refractivity contribution in [1.82, 2.24) is 4.90 Å². The predicted molar refractivity (Wildman–Crippen MR) is 77.0 cm³/mol. The largest absolute Gasteiger partial charge is 0.381 e. The van der Waals surface area contributed by atoms with Crippen LogP contribution in [0.2, 0.25) is 0 Å². The molecule has 1 aromatic rings. The van der Waals surface area contributed by atoms with Gasteiger partial charge in [-0.25, -0.2) is 0 Å². The van der Waals surface area contributed by atoms with Gasteiger partial charge in [-0.15, -0.1) is 0 Å². The summed E-state index contributed by atoms with van der Waals surface area (Å²) in [5.41, 5.74) is 5.98. The maximum Gasteiger partial charge on any atom is 0.270 e. The summed E-state index contributed by atoms with van der Waals surface area (Å²) in [6.07, 6.45) is 1.54. The first-order chi connectivity index (χ1) is 10.1. The van der Waals surface area contributed by atoms with Gasteiger partial charge in [0.05, 0.1) is 11.0 Å². The fourth-order valence-electron chi connectivity index (χ4n) is 2.64. The molecule has 1 amide bonds. The van der Waals surface area contributed by atoms with Crippen molar-refractivity contribution in [3.63, 3.8) is 0 Å². The topological polar surface area (TPSA) is 98.7 Å². The Bertz CT molecular complexity index is 535. The molecule has 0 saturated carbocycles. The fraction of sp³-hybridized carbons (Fsp3) is 0.500. The Kier molecular flexibility index (Phi) is 4.87. The average Bonchev–Trinajstić information content (AvgIpc) is 2.53. The highest BCUT2D eigenvalue weighted by atomic mass is 16.6. The molecule has 7 nitrogen and oxygen atoms in total. The molecule has 2 unspecified atom stereocenters. The molecule has 2 atom stereocenters. The van der Waals surface area contributed by atoms with E-state index >= 15 is 0 Å². The van der Waals surface area contributed by atoms with Crippen LogP contribution in [0.3, 0.4) is 0 Å². The van der Waals surface area contributed by atoms with Gasteiger partial charge in [0.1, 0.15) is 0 Å². The first-order valence-electron chi connectivity index (χ1n) is 6.85. The Hall–Kier alpha value is -1.99. The molecule has 1 fully saturated rings. The van der Waals surface area contributed by atoms with Crippen molar-refractivity contribution in [2.45, 2.75) is 25.0 Å². The van der Waals surface area contributed by atoms with Crippen LogP contribution in [0.1, 0.15) is 23.2 Å². The molecular formula is C14H19N3O4. The standard InChI is InChI=1S/C14H19N3O4/c1-21-13-5-6-16(12(8-13)9-15)14(18)10-3-2-4-11(7-10)17(19)20/h2-4,7,12-13H,5-6,8-9,15H2,1H3. The third kappa shape index (κ3) is 3.37. The zero-order chi connectivity index (χ0) is 15.4. The van der Waals surface area contributed by atoms with Gasteiger partial charge in [0.2, 0.25) is 0 Å². The second-order valence-corrected chi connectivity index (χ2v) is 5.08. The number of carbonyl (C=O) groups excluding carboxylic acids is 1. The summed E-state index contributed by atoms with van der Waals surface area (Å²) >= 11 is 0. The number of carbonyl (C=O) groups is 1. The Morgan fingerprint density at radius 2 is 2.33 bits per heavy atom. The minimum absolute atomic E-state index is 0.0862. The van der Waals surface area contributed by atoms with Gasteiger partial charge in [-0.1, -0.05) is 6.07 Å². The number of nitrogens with two attached hydrogens (primary N) is 1. The lowest BCUT2D eigenvalue weighted by atomic mass is 9.98. The summed E-state index contributed by atoms with van der Waals surface area (Å²) in [6, 6.07) is 5.68. The molecule has 0 aliphatic carbocycles. The van der Waals surface area contributed by atoms with Gasteiger partial charge in [0.15, 0.2) is 0 Å². The van der Waals surface area contributed by atoms with E-state index in [2.05, 4.69) is 0 Å². The molecule has 1 heterocycles. The monoisotopic (exact) mass is 293 g/mol. The highest BCUT2D eigenvalue weighted by Crippen LogP contribution is 2.22. The average molecular weight is 293 g/mol. The summed E-state index contributed by atoms with van der Waals surface area (Å²) in [5.74, 6) is -0.219. The minimum Gasteiger partial charge on any atom is -0.381 e. The lowest BCUT2D eigenvalue weighted by Crippen LogP contribution is -2.51. The van der Waals surface area contributed by atoms with Gasteiger partial charge >= 0.3 is 0 Å². The number of hydrogen-bond donors (Lipinski definition) is 1. The zero-order valence-corrected chi connectivity index (χ0v) is 11.9. The van der Waals surface area contributed by atoms with Crippen LogP contribution < -0.4 is 5.73 Å². The SMILES string of the molecule is COC1CCN(C(=O)c2cccc([N+](=O)[O-])c2)C(CN)C1. The molecule has 114 valence electrons. The van der Waals surface area contributed by atoms with Crippen molar-refractivity contribution in [3.05, 3.63) is 39.9 Å². The van der Waals surface area contributed by atoms with E-state index in [9.17, 15) is 14.9 Å². The van der Waals surface area contributed by atoms with Crippen LogP contribution in [0.4, 0.5) is 5.69 Å². The van der Waals surface area contributed by atoms with Gasteiger partial charge in [-0.05, 0) is 18.9 Å². The number of likely N-dealkylation sites (tertiary alicyclic amines) is 1. The predicted octanol–water partition coefficient (Wildman–Crippen LogP) is 1.17. The molecule has 7 heteroatoms. The van der Waals surface area contributed by atoms with Crippen LogP contribution in [-0.4, -0.2) is 48.1 Å². The Morgan fingerprint density at radius 1 is 1.57 bits per heavy atom. The van der Waals surface area contributed by atoms with Gasteiger partial charge in [0, 0.05) is 43.9 Å². The van der Waals surface area contributed by atoms with E-state index in [0.717, 1.165) is 6.42 Å². The molecule has 1 aliphatic heterocycles. The molecule has 1 saturated heterocycles. The summed E-state index contributed by atoms with van der Waals surface area (Å²) in [7, 11) is 1.65. The van der Waals surface area contributed by atoms with Gasteiger partial charge in [-0.2, -0.15) is 0 Å².